The molecular formula is C21H15F3N2O3. The number of rotatable bonds is 3. The first-order valence-electron chi connectivity index (χ1n) is 9.20. The summed E-state index contributed by atoms with van der Waals surface area (Å²) in [7, 11) is 0. The quantitative estimate of drug-likeness (QED) is 0.658. The van der Waals surface area contributed by atoms with Gasteiger partial charge in [-0.05, 0) is 35.6 Å². The Bertz CT molecular complexity index is 1280. The molecule has 1 aliphatic heterocycles. The van der Waals surface area contributed by atoms with Crippen LogP contribution in [0.2, 0.25) is 0 Å². The summed E-state index contributed by atoms with van der Waals surface area (Å²) < 4.78 is 46.8. The van der Waals surface area contributed by atoms with E-state index in [0.29, 0.717) is 25.9 Å². The highest BCUT2D eigenvalue weighted by atomic mass is 19.2. The molecule has 0 amide bonds. The van der Waals surface area contributed by atoms with Crippen molar-refractivity contribution in [3.63, 3.8) is 0 Å². The lowest BCUT2D eigenvalue weighted by atomic mass is 9.97. The molecule has 8 heteroatoms. The molecule has 0 atom stereocenters. The molecule has 1 saturated carbocycles. The molecular weight excluding hydrogens is 385 g/mol. The van der Waals surface area contributed by atoms with Crippen molar-refractivity contribution in [1.29, 1.82) is 0 Å². The molecule has 0 bridgehead atoms. The Morgan fingerprint density at radius 2 is 1.79 bits per heavy atom. The van der Waals surface area contributed by atoms with Gasteiger partial charge in [0.15, 0.2) is 17.5 Å². The van der Waals surface area contributed by atoms with Gasteiger partial charge in [-0.2, -0.15) is 0 Å². The van der Waals surface area contributed by atoms with Crippen molar-refractivity contribution >= 4 is 16.9 Å². The summed E-state index contributed by atoms with van der Waals surface area (Å²) >= 11 is 0. The first kappa shape index (κ1) is 17.9. The van der Waals surface area contributed by atoms with E-state index >= 15 is 8.78 Å². The number of halogens is 3. The number of hydrogen-bond donors (Lipinski definition) is 2. The predicted octanol–water partition coefficient (Wildman–Crippen LogP) is 3.72. The number of benzene rings is 2. The van der Waals surface area contributed by atoms with E-state index in [-0.39, 0.29) is 11.6 Å². The minimum Gasteiger partial charge on any atom is -0.477 e. The van der Waals surface area contributed by atoms with Crippen LogP contribution in [-0.2, 0) is 13.1 Å². The van der Waals surface area contributed by atoms with Crippen LogP contribution in [0.5, 0.6) is 0 Å². The van der Waals surface area contributed by atoms with Gasteiger partial charge in [0.05, 0.1) is 16.5 Å². The van der Waals surface area contributed by atoms with Gasteiger partial charge in [-0.1, -0.05) is 12.1 Å². The van der Waals surface area contributed by atoms with Crippen LogP contribution in [0.15, 0.2) is 29.2 Å². The second-order valence-corrected chi connectivity index (χ2v) is 7.44. The molecule has 3 aromatic rings. The maximum absolute atomic E-state index is 15.6. The number of carbonyl (C=O) groups is 1. The van der Waals surface area contributed by atoms with Gasteiger partial charge in [0.25, 0.3) is 0 Å². The summed E-state index contributed by atoms with van der Waals surface area (Å²) in [6.45, 7) is 1.18. The van der Waals surface area contributed by atoms with E-state index in [1.165, 1.54) is 10.6 Å². The highest BCUT2D eigenvalue weighted by Crippen LogP contribution is 2.41. The van der Waals surface area contributed by atoms with Crippen LogP contribution in [0.3, 0.4) is 0 Å². The van der Waals surface area contributed by atoms with Crippen LogP contribution in [0.25, 0.3) is 22.0 Å². The molecule has 1 aliphatic carbocycles. The van der Waals surface area contributed by atoms with E-state index in [1.807, 2.05) is 0 Å². The minimum absolute atomic E-state index is 0.167. The fraction of sp³-hybridized carbons (Fsp3) is 0.238. The number of nitrogens with zero attached hydrogens (tertiary/aromatic N) is 1. The van der Waals surface area contributed by atoms with Crippen molar-refractivity contribution in [2.24, 2.45) is 0 Å². The highest BCUT2D eigenvalue weighted by molar-refractivity contribution is 5.94. The number of fused-ring (bicyclic) bond motifs is 2. The molecule has 2 aromatic carbocycles. The van der Waals surface area contributed by atoms with Gasteiger partial charge in [0, 0.05) is 25.3 Å². The zero-order chi connectivity index (χ0) is 20.4. The number of aromatic nitrogens is 1. The fourth-order valence-corrected chi connectivity index (χ4v) is 3.99. The normalized spacial score (nSPS) is 15.7. The van der Waals surface area contributed by atoms with Gasteiger partial charge in [0.2, 0.25) is 5.43 Å². The Hall–Kier alpha value is -3.13. The highest BCUT2D eigenvalue weighted by Gasteiger charge is 2.32. The van der Waals surface area contributed by atoms with Gasteiger partial charge < -0.3 is 15.0 Å². The molecule has 0 spiro atoms. The van der Waals surface area contributed by atoms with E-state index in [1.54, 1.807) is 12.1 Å². The van der Waals surface area contributed by atoms with Crippen molar-refractivity contribution < 1.29 is 23.1 Å². The summed E-state index contributed by atoms with van der Waals surface area (Å²) in [6.07, 6.45) is 2.30. The maximum Gasteiger partial charge on any atom is 0.341 e. The van der Waals surface area contributed by atoms with Gasteiger partial charge in [-0.25, -0.2) is 18.0 Å². The third-order valence-corrected chi connectivity index (χ3v) is 5.59. The average Bonchev–Trinajstić information content (AvgIpc) is 3.42. The van der Waals surface area contributed by atoms with Crippen LogP contribution in [-0.4, -0.2) is 15.6 Å². The Morgan fingerprint density at radius 3 is 2.48 bits per heavy atom. The first-order valence-corrected chi connectivity index (χ1v) is 9.20. The van der Waals surface area contributed by atoms with E-state index in [0.717, 1.165) is 17.3 Å². The zero-order valence-electron chi connectivity index (χ0n) is 15.1. The zero-order valence-corrected chi connectivity index (χ0v) is 15.1. The standard InChI is InChI=1S/C21H15F3N2O3/c22-16-14(9-1-2-10-6-25-7-11(10)5-9)18(24)19-15(17(16)23)20(27)13(21(28)29)8-26(19)12-3-4-12/h1-2,5,8,12,25H,3-4,6-7H2,(H,28,29). The monoisotopic (exact) mass is 400 g/mol. The van der Waals surface area contributed by atoms with Crippen molar-refractivity contribution in [2.75, 3.05) is 0 Å². The molecule has 0 saturated heterocycles. The number of carboxylic acids is 1. The Morgan fingerprint density at radius 1 is 1.07 bits per heavy atom. The summed E-state index contributed by atoms with van der Waals surface area (Å²) in [6, 6.07) is 4.59. The van der Waals surface area contributed by atoms with Gasteiger partial charge >= 0.3 is 5.97 Å². The van der Waals surface area contributed by atoms with Crippen LogP contribution in [0.4, 0.5) is 13.2 Å². The lowest BCUT2D eigenvalue weighted by molar-refractivity contribution is 0.0694. The lowest BCUT2D eigenvalue weighted by Crippen LogP contribution is -2.21. The molecule has 1 aromatic heterocycles. The number of nitrogens with one attached hydrogen (secondary N) is 1. The largest absolute Gasteiger partial charge is 0.477 e. The molecule has 1 fully saturated rings. The fourth-order valence-electron chi connectivity index (χ4n) is 3.99. The van der Waals surface area contributed by atoms with Gasteiger partial charge in [0.1, 0.15) is 5.56 Å². The van der Waals surface area contributed by atoms with Gasteiger partial charge in [-0.3, -0.25) is 4.79 Å². The Labute approximate surface area is 162 Å². The van der Waals surface area contributed by atoms with Crippen LogP contribution in [0, 0.1) is 17.5 Å². The Balaban J connectivity index is 1.88. The molecule has 29 heavy (non-hydrogen) atoms. The van der Waals surface area contributed by atoms with E-state index in [9.17, 15) is 19.1 Å². The third kappa shape index (κ3) is 2.59. The summed E-state index contributed by atoms with van der Waals surface area (Å²) in [4.78, 5) is 23.9. The number of carboxylic acid groups (broad SMARTS) is 1. The third-order valence-electron chi connectivity index (χ3n) is 5.59. The Kier molecular flexibility index (Phi) is 3.82. The van der Waals surface area contributed by atoms with Gasteiger partial charge in [-0.15, -0.1) is 0 Å². The van der Waals surface area contributed by atoms with E-state index in [2.05, 4.69) is 5.32 Å². The van der Waals surface area contributed by atoms with Crippen molar-refractivity contribution in [2.45, 2.75) is 32.0 Å². The summed E-state index contributed by atoms with van der Waals surface area (Å²) in [5.74, 6) is -5.66. The summed E-state index contributed by atoms with van der Waals surface area (Å²) in [5, 5.41) is 11.5. The molecule has 148 valence electrons. The second-order valence-electron chi connectivity index (χ2n) is 7.44. The van der Waals surface area contributed by atoms with Crippen molar-refractivity contribution in [3.05, 3.63) is 68.8 Å². The predicted molar refractivity (Wildman–Crippen MR) is 99.3 cm³/mol. The number of aromatic carboxylic acids is 1. The molecule has 5 nitrogen and oxygen atoms in total. The molecule has 2 N–H and O–H groups in total. The lowest BCUT2D eigenvalue weighted by Gasteiger charge is -2.16. The molecule has 0 radical (unpaired) electrons. The van der Waals surface area contributed by atoms with Crippen LogP contribution < -0.4 is 10.7 Å². The second kappa shape index (κ2) is 6.18. The average molecular weight is 400 g/mol. The maximum atomic E-state index is 15.6. The molecule has 5 rings (SSSR count). The smallest absolute Gasteiger partial charge is 0.341 e. The minimum atomic E-state index is -1.57. The SMILES string of the molecule is O=C(O)c1cn(C2CC2)c2c(F)c(-c3ccc4c(c3)CNC4)c(F)c(F)c2c1=O. The van der Waals surface area contributed by atoms with Crippen molar-refractivity contribution in [3.8, 4) is 11.1 Å². The topological polar surface area (TPSA) is 71.3 Å². The summed E-state index contributed by atoms with van der Waals surface area (Å²) in [5.41, 5.74) is -0.862. The van der Waals surface area contributed by atoms with Crippen LogP contribution >= 0.6 is 0 Å². The first-order chi connectivity index (χ1) is 13.9. The molecule has 0 unspecified atom stereocenters. The number of pyridine rings is 1. The van der Waals surface area contributed by atoms with E-state index < -0.39 is 50.9 Å². The number of hydrogen-bond acceptors (Lipinski definition) is 3. The molecule has 2 heterocycles. The molecule has 2 aliphatic rings. The van der Waals surface area contributed by atoms with Crippen LogP contribution in [0.1, 0.15) is 40.4 Å². The van der Waals surface area contributed by atoms with Crippen molar-refractivity contribution in [1.82, 2.24) is 9.88 Å². The van der Waals surface area contributed by atoms with E-state index in [4.69, 9.17) is 0 Å².